The molecule has 5 nitrogen and oxygen atoms in total. The van der Waals surface area contributed by atoms with Crippen molar-refractivity contribution in [1.82, 2.24) is 5.32 Å². The maximum Gasteiger partial charge on any atom is 0.251 e. The normalized spacial score (nSPS) is 11.2. The Morgan fingerprint density at radius 2 is 1.75 bits per heavy atom. The largest absolute Gasteiger partial charge is 0.352 e. The second-order valence-electron chi connectivity index (χ2n) is 5.52. The molecule has 2 aromatic rings. The van der Waals surface area contributed by atoms with Crippen molar-refractivity contribution in [3.8, 4) is 0 Å². The lowest BCUT2D eigenvalue weighted by Gasteiger charge is -2.08. The summed E-state index contributed by atoms with van der Waals surface area (Å²) < 4.78 is 25.1. The van der Waals surface area contributed by atoms with Crippen molar-refractivity contribution in [2.24, 2.45) is 5.73 Å². The number of rotatable bonds is 8. The number of nitrogens with two attached hydrogens (primary N) is 1. The smallest absolute Gasteiger partial charge is 0.251 e. The molecule has 0 fully saturated rings. The SMILES string of the molecule is NCCCCNC(=O)c1cccc(S(=O)(=O)Cc2ccccc2)c1. The van der Waals surface area contributed by atoms with Crippen molar-refractivity contribution in [2.45, 2.75) is 23.5 Å². The van der Waals surface area contributed by atoms with Crippen LogP contribution >= 0.6 is 0 Å². The second kappa shape index (κ2) is 8.61. The molecule has 1 amide bonds. The molecule has 0 bridgehead atoms. The zero-order valence-corrected chi connectivity index (χ0v) is 14.3. The molecule has 0 aliphatic rings. The summed E-state index contributed by atoms with van der Waals surface area (Å²) in [5.41, 5.74) is 6.47. The van der Waals surface area contributed by atoms with Crippen molar-refractivity contribution in [3.05, 3.63) is 65.7 Å². The van der Waals surface area contributed by atoms with Gasteiger partial charge in [-0.05, 0) is 43.1 Å². The molecule has 0 atom stereocenters. The number of carbonyl (C=O) groups is 1. The van der Waals surface area contributed by atoms with E-state index in [9.17, 15) is 13.2 Å². The Morgan fingerprint density at radius 3 is 2.46 bits per heavy atom. The highest BCUT2D eigenvalue weighted by Crippen LogP contribution is 2.17. The molecule has 128 valence electrons. The monoisotopic (exact) mass is 346 g/mol. The maximum atomic E-state index is 12.5. The van der Waals surface area contributed by atoms with Gasteiger partial charge in [-0.3, -0.25) is 4.79 Å². The third-order valence-electron chi connectivity index (χ3n) is 3.57. The van der Waals surface area contributed by atoms with Crippen molar-refractivity contribution in [3.63, 3.8) is 0 Å². The van der Waals surface area contributed by atoms with E-state index in [0.29, 0.717) is 24.2 Å². The van der Waals surface area contributed by atoms with Crippen molar-refractivity contribution < 1.29 is 13.2 Å². The summed E-state index contributed by atoms with van der Waals surface area (Å²) in [6.45, 7) is 1.11. The second-order valence-corrected chi connectivity index (χ2v) is 7.51. The maximum absolute atomic E-state index is 12.5. The zero-order valence-electron chi connectivity index (χ0n) is 13.4. The van der Waals surface area contributed by atoms with E-state index >= 15 is 0 Å². The third-order valence-corrected chi connectivity index (χ3v) is 5.26. The highest BCUT2D eigenvalue weighted by molar-refractivity contribution is 7.90. The van der Waals surface area contributed by atoms with Gasteiger partial charge in [0, 0.05) is 12.1 Å². The van der Waals surface area contributed by atoms with Gasteiger partial charge in [-0.25, -0.2) is 8.42 Å². The molecule has 0 radical (unpaired) electrons. The van der Waals surface area contributed by atoms with Crippen LogP contribution in [0.3, 0.4) is 0 Å². The van der Waals surface area contributed by atoms with E-state index in [2.05, 4.69) is 5.32 Å². The Labute approximate surface area is 142 Å². The first-order valence-corrected chi connectivity index (χ1v) is 9.53. The first-order valence-electron chi connectivity index (χ1n) is 7.88. The van der Waals surface area contributed by atoms with Gasteiger partial charge in [0.05, 0.1) is 10.6 Å². The fourth-order valence-corrected chi connectivity index (χ4v) is 3.67. The summed E-state index contributed by atoms with van der Waals surface area (Å²) in [4.78, 5) is 12.3. The summed E-state index contributed by atoms with van der Waals surface area (Å²) in [5.74, 6) is -0.362. The van der Waals surface area contributed by atoms with E-state index in [1.807, 2.05) is 6.07 Å². The van der Waals surface area contributed by atoms with E-state index in [1.165, 1.54) is 12.1 Å². The molecule has 2 aromatic carbocycles. The number of nitrogens with one attached hydrogen (secondary N) is 1. The molecule has 0 aromatic heterocycles. The van der Waals surface area contributed by atoms with Gasteiger partial charge in [0.1, 0.15) is 0 Å². The predicted octanol–water partition coefficient (Wildman–Crippen LogP) is 2.13. The van der Waals surface area contributed by atoms with Crippen molar-refractivity contribution in [2.75, 3.05) is 13.1 Å². The van der Waals surface area contributed by atoms with E-state index in [-0.39, 0.29) is 16.6 Å². The van der Waals surface area contributed by atoms with Gasteiger partial charge in [0.25, 0.3) is 5.91 Å². The molecule has 0 saturated carbocycles. The molecule has 0 aliphatic heterocycles. The molecule has 24 heavy (non-hydrogen) atoms. The number of benzene rings is 2. The predicted molar refractivity (Wildman–Crippen MR) is 94.4 cm³/mol. The summed E-state index contributed by atoms with van der Waals surface area (Å²) in [5, 5.41) is 2.77. The van der Waals surface area contributed by atoms with Crippen LogP contribution in [0.25, 0.3) is 0 Å². The fraction of sp³-hybridized carbons (Fsp3) is 0.278. The van der Waals surface area contributed by atoms with Crippen LogP contribution in [0, 0.1) is 0 Å². The molecule has 0 heterocycles. The van der Waals surface area contributed by atoms with Gasteiger partial charge >= 0.3 is 0 Å². The number of amides is 1. The average Bonchev–Trinajstić information content (AvgIpc) is 2.59. The summed E-state index contributed by atoms with van der Waals surface area (Å²) in [7, 11) is -3.49. The molecular weight excluding hydrogens is 324 g/mol. The lowest BCUT2D eigenvalue weighted by molar-refractivity contribution is 0.0953. The summed E-state index contributed by atoms with van der Waals surface area (Å²) in [6.07, 6.45) is 1.64. The number of hydrogen-bond acceptors (Lipinski definition) is 4. The van der Waals surface area contributed by atoms with Gasteiger partial charge in [0.2, 0.25) is 0 Å². The Morgan fingerprint density at radius 1 is 1.00 bits per heavy atom. The van der Waals surface area contributed by atoms with Gasteiger partial charge < -0.3 is 11.1 Å². The topological polar surface area (TPSA) is 89.3 Å². The number of unbranched alkanes of at least 4 members (excludes halogenated alkanes) is 1. The van der Waals surface area contributed by atoms with E-state index in [0.717, 1.165) is 12.8 Å². The Hall–Kier alpha value is -2.18. The van der Waals surface area contributed by atoms with Gasteiger partial charge in [-0.15, -0.1) is 0 Å². The third kappa shape index (κ3) is 5.18. The highest BCUT2D eigenvalue weighted by Gasteiger charge is 2.17. The molecule has 0 aliphatic carbocycles. The van der Waals surface area contributed by atoms with E-state index in [1.54, 1.807) is 36.4 Å². The zero-order chi connectivity index (χ0) is 17.4. The summed E-state index contributed by atoms with van der Waals surface area (Å²) in [6, 6.07) is 15.1. The van der Waals surface area contributed by atoms with Gasteiger partial charge in [-0.1, -0.05) is 36.4 Å². The van der Waals surface area contributed by atoms with Crippen molar-refractivity contribution in [1.29, 1.82) is 0 Å². The van der Waals surface area contributed by atoms with E-state index < -0.39 is 9.84 Å². The lowest BCUT2D eigenvalue weighted by Crippen LogP contribution is -2.25. The number of hydrogen-bond donors (Lipinski definition) is 2. The van der Waals surface area contributed by atoms with Crippen LogP contribution in [-0.4, -0.2) is 27.4 Å². The van der Waals surface area contributed by atoms with Crippen LogP contribution < -0.4 is 11.1 Å². The number of sulfone groups is 1. The quantitative estimate of drug-likeness (QED) is 0.717. The van der Waals surface area contributed by atoms with Crippen LogP contribution in [0.4, 0.5) is 0 Å². The molecular formula is C18H22N2O3S. The minimum Gasteiger partial charge on any atom is -0.352 e. The first-order chi connectivity index (χ1) is 11.5. The molecule has 0 saturated heterocycles. The van der Waals surface area contributed by atoms with Crippen LogP contribution in [0.2, 0.25) is 0 Å². The lowest BCUT2D eigenvalue weighted by atomic mass is 10.2. The molecule has 6 heteroatoms. The standard InChI is InChI=1S/C18H22N2O3S/c19-11-4-5-12-20-18(21)16-9-6-10-17(13-16)24(22,23)14-15-7-2-1-3-8-15/h1-3,6-10,13H,4-5,11-12,14,19H2,(H,20,21). The minimum absolute atomic E-state index is 0.0879. The highest BCUT2D eigenvalue weighted by atomic mass is 32.2. The van der Waals surface area contributed by atoms with Crippen LogP contribution in [0.15, 0.2) is 59.5 Å². The Balaban J connectivity index is 2.10. The molecule has 0 unspecified atom stereocenters. The summed E-state index contributed by atoms with van der Waals surface area (Å²) >= 11 is 0. The van der Waals surface area contributed by atoms with Crippen LogP contribution in [0.1, 0.15) is 28.8 Å². The molecule has 3 N–H and O–H groups in total. The van der Waals surface area contributed by atoms with Gasteiger partial charge in [-0.2, -0.15) is 0 Å². The van der Waals surface area contributed by atoms with Crippen LogP contribution in [0.5, 0.6) is 0 Å². The fourth-order valence-electron chi connectivity index (χ4n) is 2.28. The minimum atomic E-state index is -3.49. The van der Waals surface area contributed by atoms with E-state index in [4.69, 9.17) is 5.73 Å². The Bertz CT molecular complexity index is 774. The first kappa shape index (κ1) is 18.2. The van der Waals surface area contributed by atoms with Crippen LogP contribution in [-0.2, 0) is 15.6 Å². The van der Waals surface area contributed by atoms with Crippen molar-refractivity contribution >= 4 is 15.7 Å². The Kier molecular flexibility index (Phi) is 6.52. The molecule has 2 rings (SSSR count). The number of carbonyl (C=O) groups excluding carboxylic acids is 1. The van der Waals surface area contributed by atoms with Gasteiger partial charge in [0.15, 0.2) is 9.84 Å². The molecule has 0 spiro atoms. The average molecular weight is 346 g/mol.